The molecule has 2 aromatic carbocycles. The Morgan fingerprint density at radius 1 is 1.22 bits per heavy atom. The van der Waals surface area contributed by atoms with Crippen LogP contribution in [-0.2, 0) is 22.4 Å². The van der Waals surface area contributed by atoms with Crippen molar-refractivity contribution in [2.24, 2.45) is 0 Å². The smallest absolute Gasteiger partial charge is 0.231 e. The molecule has 136 valence electrons. The minimum Gasteiger partial charge on any atom is -0.326 e. The van der Waals surface area contributed by atoms with E-state index in [1.54, 1.807) is 0 Å². The molecule has 3 aromatic rings. The normalized spacial score (nSPS) is 13.0. The van der Waals surface area contributed by atoms with Crippen LogP contribution in [0.4, 0.5) is 11.4 Å². The number of rotatable bonds is 4. The highest BCUT2D eigenvalue weighted by atomic mass is 32.1. The molecule has 0 saturated carbocycles. The number of aryl methyl sites for hydroxylation is 2. The van der Waals surface area contributed by atoms with Crippen molar-refractivity contribution in [3.05, 3.63) is 64.0 Å². The van der Waals surface area contributed by atoms with Crippen LogP contribution in [0.1, 0.15) is 22.6 Å². The molecule has 2 amide bonds. The number of carbonyl (C=O) groups is 2. The molecule has 0 unspecified atom stereocenters. The van der Waals surface area contributed by atoms with Crippen LogP contribution in [-0.4, -0.2) is 16.8 Å². The van der Waals surface area contributed by atoms with Crippen molar-refractivity contribution in [3.8, 4) is 11.3 Å². The second kappa shape index (κ2) is 7.32. The topological polar surface area (TPSA) is 71.1 Å². The van der Waals surface area contributed by atoms with Gasteiger partial charge in [0.05, 0.1) is 12.1 Å². The number of hydrogen-bond acceptors (Lipinski definition) is 4. The molecule has 0 saturated heterocycles. The molecule has 0 bridgehead atoms. The summed E-state index contributed by atoms with van der Waals surface area (Å²) in [5.41, 5.74) is 5.77. The third-order valence-electron chi connectivity index (χ3n) is 4.46. The predicted octanol–water partition coefficient (Wildman–Crippen LogP) is 4.18. The van der Waals surface area contributed by atoms with E-state index in [1.165, 1.54) is 11.3 Å². The lowest BCUT2D eigenvalue weighted by Crippen LogP contribution is -2.18. The summed E-state index contributed by atoms with van der Waals surface area (Å²) in [6, 6.07) is 13.7. The van der Waals surface area contributed by atoms with Crippen LogP contribution in [0.5, 0.6) is 0 Å². The number of hydrogen-bond donors (Lipinski definition) is 2. The zero-order valence-corrected chi connectivity index (χ0v) is 15.7. The molecule has 6 heteroatoms. The first-order valence-corrected chi connectivity index (χ1v) is 9.69. The van der Waals surface area contributed by atoms with Crippen LogP contribution in [0.25, 0.3) is 11.3 Å². The summed E-state index contributed by atoms with van der Waals surface area (Å²) in [5, 5.41) is 8.55. The third-order valence-corrected chi connectivity index (χ3v) is 5.31. The highest BCUT2D eigenvalue weighted by Gasteiger charge is 2.16. The van der Waals surface area contributed by atoms with Crippen LogP contribution in [0, 0.1) is 6.92 Å². The molecule has 0 spiro atoms. The molecule has 0 radical (unpaired) electrons. The Hall–Kier alpha value is -2.99. The molecule has 0 atom stereocenters. The Kier molecular flexibility index (Phi) is 4.73. The number of fused-ring (bicyclic) bond motifs is 1. The van der Waals surface area contributed by atoms with E-state index >= 15 is 0 Å². The Labute approximate surface area is 161 Å². The van der Waals surface area contributed by atoms with Gasteiger partial charge in [-0.2, -0.15) is 0 Å². The van der Waals surface area contributed by atoms with Gasteiger partial charge in [-0.25, -0.2) is 4.98 Å². The van der Waals surface area contributed by atoms with Crippen LogP contribution in [0.2, 0.25) is 0 Å². The number of thiazole rings is 1. The standard InChI is InChI=1S/C21H19N3O2S/c1-13-3-2-4-16(9-13)22-20(26)11-21-24-18(12-27-21)15-5-7-17-14(10-15)6-8-19(25)23-17/h2-5,7,9-10,12H,6,8,11H2,1H3,(H,22,26)(H,23,25). The lowest BCUT2D eigenvalue weighted by atomic mass is 9.99. The maximum absolute atomic E-state index is 12.3. The monoisotopic (exact) mass is 377 g/mol. The van der Waals surface area contributed by atoms with E-state index in [-0.39, 0.29) is 18.2 Å². The molecular weight excluding hydrogens is 358 g/mol. The van der Waals surface area contributed by atoms with Gasteiger partial charge in [0.1, 0.15) is 5.01 Å². The van der Waals surface area contributed by atoms with Crippen molar-refractivity contribution < 1.29 is 9.59 Å². The minimum atomic E-state index is -0.0744. The first-order valence-electron chi connectivity index (χ1n) is 8.81. The van der Waals surface area contributed by atoms with Gasteiger partial charge in [-0.05, 0) is 48.7 Å². The average molecular weight is 377 g/mol. The second-order valence-corrected chi connectivity index (χ2v) is 7.58. The van der Waals surface area contributed by atoms with Gasteiger partial charge in [-0.3, -0.25) is 9.59 Å². The molecule has 1 aliphatic rings. The van der Waals surface area contributed by atoms with Crippen LogP contribution in [0.15, 0.2) is 47.8 Å². The van der Waals surface area contributed by atoms with Crippen molar-refractivity contribution >= 4 is 34.5 Å². The molecule has 1 aliphatic heterocycles. The molecule has 27 heavy (non-hydrogen) atoms. The number of aromatic nitrogens is 1. The van der Waals surface area contributed by atoms with Gasteiger partial charge in [0, 0.05) is 28.7 Å². The van der Waals surface area contributed by atoms with Gasteiger partial charge >= 0.3 is 0 Å². The van der Waals surface area contributed by atoms with E-state index in [2.05, 4.69) is 21.7 Å². The van der Waals surface area contributed by atoms with Gasteiger partial charge in [-0.15, -0.1) is 11.3 Å². The molecule has 2 N–H and O–H groups in total. The van der Waals surface area contributed by atoms with Crippen molar-refractivity contribution in [2.75, 3.05) is 10.6 Å². The first-order chi connectivity index (χ1) is 13.1. The highest BCUT2D eigenvalue weighted by molar-refractivity contribution is 7.10. The molecule has 5 nitrogen and oxygen atoms in total. The minimum absolute atomic E-state index is 0.0609. The summed E-state index contributed by atoms with van der Waals surface area (Å²) in [6.07, 6.45) is 1.50. The third kappa shape index (κ3) is 4.06. The van der Waals surface area contributed by atoms with Crippen LogP contribution in [0.3, 0.4) is 0 Å². The average Bonchev–Trinajstić information content (AvgIpc) is 3.09. The van der Waals surface area contributed by atoms with E-state index in [0.717, 1.165) is 45.2 Å². The fourth-order valence-electron chi connectivity index (χ4n) is 3.13. The Morgan fingerprint density at radius 3 is 2.96 bits per heavy atom. The maximum atomic E-state index is 12.3. The molecule has 2 heterocycles. The molecule has 1 aromatic heterocycles. The fraction of sp³-hybridized carbons (Fsp3) is 0.190. The Bertz CT molecular complexity index is 1030. The van der Waals surface area contributed by atoms with E-state index < -0.39 is 0 Å². The summed E-state index contributed by atoms with van der Waals surface area (Å²) < 4.78 is 0. The Morgan fingerprint density at radius 2 is 2.11 bits per heavy atom. The summed E-state index contributed by atoms with van der Waals surface area (Å²) in [5.74, 6) is -0.0135. The van der Waals surface area contributed by atoms with Crippen molar-refractivity contribution in [2.45, 2.75) is 26.2 Å². The van der Waals surface area contributed by atoms with Gasteiger partial charge in [0.15, 0.2) is 0 Å². The number of amides is 2. The highest BCUT2D eigenvalue weighted by Crippen LogP contribution is 2.29. The summed E-state index contributed by atoms with van der Waals surface area (Å²) in [7, 11) is 0. The van der Waals surface area contributed by atoms with Gasteiger partial charge in [0.2, 0.25) is 11.8 Å². The zero-order chi connectivity index (χ0) is 18.8. The van der Waals surface area contributed by atoms with E-state index in [1.807, 2.05) is 48.7 Å². The zero-order valence-electron chi connectivity index (χ0n) is 14.9. The van der Waals surface area contributed by atoms with Crippen molar-refractivity contribution in [3.63, 3.8) is 0 Å². The van der Waals surface area contributed by atoms with Crippen molar-refractivity contribution in [1.29, 1.82) is 0 Å². The number of nitrogens with one attached hydrogen (secondary N) is 2. The number of benzene rings is 2. The second-order valence-electron chi connectivity index (χ2n) is 6.64. The SMILES string of the molecule is Cc1cccc(NC(=O)Cc2nc(-c3ccc4c(c3)CCC(=O)N4)cs2)c1. The number of carbonyl (C=O) groups excluding carboxylic acids is 2. The van der Waals surface area contributed by atoms with Crippen LogP contribution >= 0.6 is 11.3 Å². The van der Waals surface area contributed by atoms with Crippen molar-refractivity contribution in [1.82, 2.24) is 4.98 Å². The lowest BCUT2D eigenvalue weighted by molar-refractivity contribution is -0.116. The largest absolute Gasteiger partial charge is 0.326 e. The first kappa shape index (κ1) is 17.4. The van der Waals surface area contributed by atoms with Crippen LogP contribution < -0.4 is 10.6 Å². The lowest BCUT2D eigenvalue weighted by Gasteiger charge is -2.17. The van der Waals surface area contributed by atoms with E-state index in [0.29, 0.717) is 6.42 Å². The molecular formula is C21H19N3O2S. The van der Waals surface area contributed by atoms with E-state index in [9.17, 15) is 9.59 Å². The number of nitrogens with zero attached hydrogens (tertiary/aromatic N) is 1. The predicted molar refractivity (Wildman–Crippen MR) is 108 cm³/mol. The molecule has 4 rings (SSSR count). The van der Waals surface area contributed by atoms with Gasteiger partial charge in [-0.1, -0.05) is 18.2 Å². The Balaban J connectivity index is 1.45. The number of anilines is 2. The summed E-state index contributed by atoms with van der Waals surface area (Å²) in [6.45, 7) is 1.99. The van der Waals surface area contributed by atoms with Gasteiger partial charge < -0.3 is 10.6 Å². The van der Waals surface area contributed by atoms with Gasteiger partial charge in [0.25, 0.3) is 0 Å². The maximum Gasteiger partial charge on any atom is 0.231 e. The molecule has 0 fully saturated rings. The summed E-state index contributed by atoms with van der Waals surface area (Å²) in [4.78, 5) is 28.4. The van der Waals surface area contributed by atoms with E-state index in [4.69, 9.17) is 0 Å². The fourth-order valence-corrected chi connectivity index (χ4v) is 3.93. The quantitative estimate of drug-likeness (QED) is 0.716. The molecule has 0 aliphatic carbocycles. The summed E-state index contributed by atoms with van der Waals surface area (Å²) >= 11 is 1.48.